The maximum atomic E-state index is 12.2. The van der Waals surface area contributed by atoms with Crippen molar-refractivity contribution in [2.75, 3.05) is 12.3 Å². The smallest absolute Gasteiger partial charge is 0.393 e. The first-order valence-electron chi connectivity index (χ1n) is 14.2. The zero-order valence-corrected chi connectivity index (χ0v) is 24.7. The molecule has 226 valence electrons. The van der Waals surface area contributed by atoms with Crippen molar-refractivity contribution in [1.82, 2.24) is 5.32 Å². The number of aliphatic hydroxyl groups is 2. The summed E-state index contributed by atoms with van der Waals surface area (Å²) in [6.07, 6.45) is 3.58. The number of hydrogen-bond donors (Lipinski definition) is 5. The lowest BCUT2D eigenvalue weighted by atomic mass is 9.43. The van der Waals surface area contributed by atoms with Crippen molar-refractivity contribution < 1.29 is 45.1 Å². The van der Waals surface area contributed by atoms with Crippen LogP contribution < -0.4 is 5.32 Å². The van der Waals surface area contributed by atoms with Gasteiger partial charge < -0.3 is 15.5 Å². The van der Waals surface area contributed by atoms with Crippen LogP contribution in [0.2, 0.25) is 0 Å². The monoisotopic (exact) mass is 595 g/mol. The summed E-state index contributed by atoms with van der Waals surface area (Å²) in [6.45, 7) is 6.29. The molecule has 11 nitrogen and oxygen atoms in total. The van der Waals surface area contributed by atoms with Crippen LogP contribution in [0.15, 0.2) is 0 Å². The van der Waals surface area contributed by atoms with Crippen molar-refractivity contribution in [2.45, 2.75) is 96.9 Å². The molecule has 0 bridgehead atoms. The second-order valence-corrected chi connectivity index (χ2v) is 15.8. The molecular formula is C26H45NO10S2. The maximum absolute atomic E-state index is 12.2. The lowest BCUT2D eigenvalue weighted by Crippen LogP contribution is -2.62. The van der Waals surface area contributed by atoms with E-state index in [4.69, 9.17) is 13.3 Å². The SMILES string of the molecule is CC(CCC(=O)NCCS(=O)(=O)O)C1CCC2C3C(O)CC4CC(OS(=O)(=O)O)CCC4(C)C3CC(O)C12C. The Balaban J connectivity index is 1.43. The van der Waals surface area contributed by atoms with Gasteiger partial charge in [-0.2, -0.15) is 16.8 Å². The molecule has 11 unspecified atom stereocenters. The summed E-state index contributed by atoms with van der Waals surface area (Å²) in [5, 5.41) is 25.7. The highest BCUT2D eigenvalue weighted by Crippen LogP contribution is 2.68. The molecule has 0 aromatic rings. The molecule has 0 spiro atoms. The maximum Gasteiger partial charge on any atom is 0.397 e. The largest absolute Gasteiger partial charge is 0.397 e. The molecule has 0 radical (unpaired) electrons. The number of amides is 1. The third-order valence-corrected chi connectivity index (χ3v) is 12.5. The Hall–Kier alpha value is -0.830. The van der Waals surface area contributed by atoms with Crippen LogP contribution in [-0.4, -0.2) is 72.7 Å². The van der Waals surface area contributed by atoms with Gasteiger partial charge >= 0.3 is 10.4 Å². The molecule has 0 saturated heterocycles. The molecule has 0 heterocycles. The molecule has 1 amide bonds. The quantitative estimate of drug-likeness (QED) is 0.247. The summed E-state index contributed by atoms with van der Waals surface area (Å²) in [6, 6.07) is 0. The van der Waals surface area contributed by atoms with E-state index < -0.39 is 50.0 Å². The van der Waals surface area contributed by atoms with Crippen LogP contribution in [0, 0.1) is 46.3 Å². The Morgan fingerprint density at radius 1 is 1.03 bits per heavy atom. The first-order valence-corrected chi connectivity index (χ1v) is 17.2. The average molecular weight is 596 g/mol. The van der Waals surface area contributed by atoms with Gasteiger partial charge in [0.1, 0.15) is 0 Å². The molecule has 39 heavy (non-hydrogen) atoms. The number of rotatable bonds is 9. The Kier molecular flexibility index (Phi) is 8.86. The van der Waals surface area contributed by atoms with Crippen LogP contribution in [0.1, 0.15) is 78.6 Å². The third-order valence-electron chi connectivity index (χ3n) is 11.3. The van der Waals surface area contributed by atoms with Gasteiger partial charge in [-0.3, -0.25) is 13.9 Å². The van der Waals surface area contributed by atoms with Gasteiger partial charge in [-0.25, -0.2) is 4.18 Å². The van der Waals surface area contributed by atoms with E-state index in [0.29, 0.717) is 38.5 Å². The average Bonchev–Trinajstić information content (AvgIpc) is 3.16. The first-order chi connectivity index (χ1) is 18.0. The molecule has 4 rings (SSSR count). The third kappa shape index (κ3) is 6.34. The van der Waals surface area contributed by atoms with E-state index in [1.54, 1.807) is 0 Å². The fraction of sp³-hybridized carbons (Fsp3) is 0.962. The van der Waals surface area contributed by atoms with Crippen LogP contribution in [0.3, 0.4) is 0 Å². The molecule has 0 aliphatic heterocycles. The molecule has 4 aliphatic carbocycles. The second kappa shape index (κ2) is 11.1. The zero-order chi connectivity index (χ0) is 29.0. The van der Waals surface area contributed by atoms with Crippen molar-refractivity contribution in [3.63, 3.8) is 0 Å². The fourth-order valence-electron chi connectivity index (χ4n) is 9.34. The number of fused-ring (bicyclic) bond motifs is 5. The van der Waals surface area contributed by atoms with E-state index in [1.807, 2.05) is 0 Å². The molecule has 4 aliphatic rings. The molecule has 13 heteroatoms. The van der Waals surface area contributed by atoms with Crippen LogP contribution in [0.25, 0.3) is 0 Å². The van der Waals surface area contributed by atoms with Gasteiger partial charge in [0.25, 0.3) is 10.1 Å². The van der Waals surface area contributed by atoms with Crippen molar-refractivity contribution in [3.8, 4) is 0 Å². The van der Waals surface area contributed by atoms with Gasteiger partial charge in [-0.15, -0.1) is 0 Å². The predicted molar refractivity (Wildman–Crippen MR) is 142 cm³/mol. The highest BCUT2D eigenvalue weighted by Gasteiger charge is 2.65. The lowest BCUT2D eigenvalue weighted by Gasteiger charge is -2.63. The summed E-state index contributed by atoms with van der Waals surface area (Å²) in [7, 11) is -8.68. The normalized spacial score (nSPS) is 43.2. The van der Waals surface area contributed by atoms with Crippen LogP contribution in [-0.2, 0) is 29.5 Å². The van der Waals surface area contributed by atoms with E-state index in [9.17, 15) is 31.8 Å². The Morgan fingerprint density at radius 2 is 1.72 bits per heavy atom. The Morgan fingerprint density at radius 3 is 2.36 bits per heavy atom. The zero-order valence-electron chi connectivity index (χ0n) is 23.0. The second-order valence-electron chi connectivity index (χ2n) is 13.2. The predicted octanol–water partition coefficient (Wildman–Crippen LogP) is 2.20. The lowest BCUT2D eigenvalue weighted by molar-refractivity contribution is -0.206. The van der Waals surface area contributed by atoms with Gasteiger partial charge in [-0.1, -0.05) is 20.8 Å². The van der Waals surface area contributed by atoms with Gasteiger partial charge in [-0.05, 0) is 97.7 Å². The molecule has 5 N–H and O–H groups in total. The van der Waals surface area contributed by atoms with E-state index in [0.717, 1.165) is 12.8 Å². The van der Waals surface area contributed by atoms with Gasteiger partial charge in [0.2, 0.25) is 5.91 Å². The molecule has 0 aromatic carbocycles. The molecular weight excluding hydrogens is 550 g/mol. The van der Waals surface area contributed by atoms with E-state index >= 15 is 0 Å². The van der Waals surface area contributed by atoms with Crippen molar-refractivity contribution >= 4 is 26.4 Å². The molecule has 11 atom stereocenters. The standard InChI is InChI=1S/C26H45NO10S2/c1-15(4-7-23(30)27-10-11-38(31,32)33)18-5-6-19-24-20(14-22(29)26(18,19)3)25(2)9-8-17(37-39(34,35)36)12-16(25)13-21(24)28/h15-22,24,28-29H,4-14H2,1-3H3,(H,27,30)(H,31,32,33)(H,34,35,36). The Bertz CT molecular complexity index is 1130. The van der Waals surface area contributed by atoms with E-state index in [2.05, 4.69) is 26.1 Å². The highest BCUT2D eigenvalue weighted by molar-refractivity contribution is 7.85. The number of carbonyl (C=O) groups excluding carboxylic acids is 1. The van der Waals surface area contributed by atoms with E-state index in [-0.39, 0.29) is 59.8 Å². The Labute approximate surface area is 232 Å². The van der Waals surface area contributed by atoms with Crippen molar-refractivity contribution in [1.29, 1.82) is 0 Å². The van der Waals surface area contributed by atoms with Crippen LogP contribution in [0.5, 0.6) is 0 Å². The van der Waals surface area contributed by atoms with E-state index in [1.165, 1.54) is 0 Å². The van der Waals surface area contributed by atoms with Gasteiger partial charge in [0, 0.05) is 13.0 Å². The summed E-state index contributed by atoms with van der Waals surface area (Å²) >= 11 is 0. The topological polar surface area (TPSA) is 188 Å². The molecule has 4 saturated carbocycles. The minimum Gasteiger partial charge on any atom is -0.393 e. The fourth-order valence-corrected chi connectivity index (χ4v) is 10.2. The summed E-state index contributed by atoms with van der Waals surface area (Å²) in [5.74, 6) is -0.223. The first kappa shape index (κ1) is 31.1. The van der Waals surface area contributed by atoms with Crippen LogP contribution >= 0.6 is 0 Å². The number of hydrogen-bond acceptors (Lipinski definition) is 8. The van der Waals surface area contributed by atoms with Crippen molar-refractivity contribution in [3.05, 3.63) is 0 Å². The summed E-state index contributed by atoms with van der Waals surface area (Å²) in [4.78, 5) is 12.2. The number of aliphatic hydroxyl groups excluding tert-OH is 2. The highest BCUT2D eigenvalue weighted by atomic mass is 32.3. The number of carbonyl (C=O) groups is 1. The molecule has 4 fully saturated rings. The summed E-state index contributed by atoms with van der Waals surface area (Å²) in [5.41, 5.74) is -0.577. The van der Waals surface area contributed by atoms with Gasteiger partial charge in [0.05, 0.1) is 24.1 Å². The van der Waals surface area contributed by atoms with Crippen molar-refractivity contribution in [2.24, 2.45) is 46.3 Å². The van der Waals surface area contributed by atoms with Crippen LogP contribution in [0.4, 0.5) is 0 Å². The minimum absolute atomic E-state index is 0.0274. The minimum atomic E-state index is -4.54. The summed E-state index contributed by atoms with van der Waals surface area (Å²) < 4.78 is 67.2. The molecule has 0 aromatic heterocycles. The van der Waals surface area contributed by atoms with Gasteiger partial charge in [0.15, 0.2) is 0 Å². The number of nitrogens with one attached hydrogen (secondary N) is 1.